The topological polar surface area (TPSA) is 73.6 Å². The molecule has 122 valence electrons. The SMILES string of the molecule is COc1cc(NC(=O)OC(C)(C)C)ccc1C1(CCN)CC1. The van der Waals surface area contributed by atoms with Gasteiger partial charge >= 0.3 is 6.09 Å². The normalized spacial score (nSPS) is 16.0. The predicted octanol–water partition coefficient (Wildman–Crippen LogP) is 3.42. The van der Waals surface area contributed by atoms with Crippen LogP contribution in [0.25, 0.3) is 0 Å². The Kier molecular flexibility index (Phi) is 4.66. The zero-order valence-corrected chi connectivity index (χ0v) is 13.9. The number of nitrogens with two attached hydrogens (primary N) is 1. The van der Waals surface area contributed by atoms with Crippen LogP contribution >= 0.6 is 0 Å². The molecule has 3 N–H and O–H groups in total. The van der Waals surface area contributed by atoms with E-state index in [0.29, 0.717) is 12.2 Å². The Morgan fingerprint density at radius 3 is 2.55 bits per heavy atom. The molecule has 5 nitrogen and oxygen atoms in total. The minimum atomic E-state index is -0.521. The number of amides is 1. The van der Waals surface area contributed by atoms with Gasteiger partial charge in [-0.2, -0.15) is 0 Å². The quantitative estimate of drug-likeness (QED) is 0.874. The Labute approximate surface area is 132 Å². The highest BCUT2D eigenvalue weighted by molar-refractivity contribution is 5.85. The fourth-order valence-corrected chi connectivity index (χ4v) is 2.71. The van der Waals surface area contributed by atoms with Crippen molar-refractivity contribution >= 4 is 11.8 Å². The van der Waals surface area contributed by atoms with E-state index in [1.54, 1.807) is 7.11 Å². The molecule has 1 amide bonds. The van der Waals surface area contributed by atoms with Gasteiger partial charge in [0.1, 0.15) is 11.4 Å². The monoisotopic (exact) mass is 306 g/mol. The van der Waals surface area contributed by atoms with E-state index < -0.39 is 11.7 Å². The van der Waals surface area contributed by atoms with Gasteiger partial charge in [-0.05, 0) is 52.6 Å². The molecule has 1 saturated carbocycles. The molecule has 0 aromatic heterocycles. The molecule has 1 aromatic rings. The van der Waals surface area contributed by atoms with Gasteiger partial charge in [0.15, 0.2) is 0 Å². The van der Waals surface area contributed by atoms with Crippen molar-refractivity contribution in [1.29, 1.82) is 0 Å². The van der Waals surface area contributed by atoms with Gasteiger partial charge < -0.3 is 15.2 Å². The summed E-state index contributed by atoms with van der Waals surface area (Å²) in [5.74, 6) is 0.791. The lowest BCUT2D eigenvalue weighted by Crippen LogP contribution is -2.27. The maximum absolute atomic E-state index is 11.8. The van der Waals surface area contributed by atoms with E-state index in [1.165, 1.54) is 5.56 Å². The number of carbonyl (C=O) groups is 1. The number of benzene rings is 1. The van der Waals surface area contributed by atoms with Crippen LogP contribution in [-0.2, 0) is 10.2 Å². The van der Waals surface area contributed by atoms with E-state index in [-0.39, 0.29) is 5.41 Å². The molecule has 22 heavy (non-hydrogen) atoms. The summed E-state index contributed by atoms with van der Waals surface area (Å²) in [5.41, 5.74) is 7.20. The van der Waals surface area contributed by atoms with Gasteiger partial charge in [0, 0.05) is 22.7 Å². The van der Waals surface area contributed by atoms with E-state index >= 15 is 0 Å². The van der Waals surface area contributed by atoms with E-state index in [9.17, 15) is 4.79 Å². The second-order valence-electron chi connectivity index (χ2n) is 6.86. The average Bonchev–Trinajstić information content (AvgIpc) is 3.17. The number of ether oxygens (including phenoxy) is 2. The Balaban J connectivity index is 2.14. The lowest BCUT2D eigenvalue weighted by molar-refractivity contribution is 0.0636. The van der Waals surface area contributed by atoms with Crippen LogP contribution in [0, 0.1) is 0 Å². The smallest absolute Gasteiger partial charge is 0.412 e. The molecular weight excluding hydrogens is 280 g/mol. The summed E-state index contributed by atoms with van der Waals surface area (Å²) in [6.07, 6.45) is 2.77. The molecule has 0 aliphatic heterocycles. The number of nitrogens with one attached hydrogen (secondary N) is 1. The molecule has 0 saturated heterocycles. The van der Waals surface area contributed by atoms with Gasteiger partial charge in [-0.25, -0.2) is 4.79 Å². The largest absolute Gasteiger partial charge is 0.496 e. The summed E-state index contributed by atoms with van der Waals surface area (Å²) >= 11 is 0. The van der Waals surface area contributed by atoms with Gasteiger partial charge in [0.25, 0.3) is 0 Å². The lowest BCUT2D eigenvalue weighted by atomic mass is 9.91. The van der Waals surface area contributed by atoms with Crippen molar-refractivity contribution in [2.24, 2.45) is 5.73 Å². The molecule has 0 spiro atoms. The fraction of sp³-hybridized carbons (Fsp3) is 0.588. The first-order valence-electron chi connectivity index (χ1n) is 7.68. The van der Waals surface area contributed by atoms with Crippen LogP contribution in [0.15, 0.2) is 18.2 Å². The highest BCUT2D eigenvalue weighted by Gasteiger charge is 2.45. The Morgan fingerprint density at radius 2 is 2.05 bits per heavy atom. The first-order valence-corrected chi connectivity index (χ1v) is 7.68. The maximum atomic E-state index is 11.8. The van der Waals surface area contributed by atoms with Gasteiger partial charge in [-0.1, -0.05) is 6.07 Å². The van der Waals surface area contributed by atoms with E-state index in [4.69, 9.17) is 15.2 Å². The van der Waals surface area contributed by atoms with Gasteiger partial charge in [0.2, 0.25) is 0 Å². The van der Waals surface area contributed by atoms with Crippen molar-refractivity contribution in [2.75, 3.05) is 19.0 Å². The van der Waals surface area contributed by atoms with Crippen molar-refractivity contribution in [1.82, 2.24) is 0 Å². The number of anilines is 1. The van der Waals surface area contributed by atoms with Gasteiger partial charge in [-0.15, -0.1) is 0 Å². The van der Waals surface area contributed by atoms with Gasteiger partial charge in [-0.3, -0.25) is 5.32 Å². The van der Waals surface area contributed by atoms with Crippen molar-refractivity contribution in [3.05, 3.63) is 23.8 Å². The van der Waals surface area contributed by atoms with E-state index in [0.717, 1.165) is 25.0 Å². The Morgan fingerprint density at radius 1 is 1.36 bits per heavy atom. The molecule has 1 aliphatic rings. The van der Waals surface area contributed by atoms with Crippen molar-refractivity contribution in [3.63, 3.8) is 0 Å². The molecule has 1 aromatic carbocycles. The summed E-state index contributed by atoms with van der Waals surface area (Å²) in [6.45, 7) is 6.17. The van der Waals surface area contributed by atoms with Crippen LogP contribution in [0.4, 0.5) is 10.5 Å². The minimum Gasteiger partial charge on any atom is -0.496 e. The first kappa shape index (κ1) is 16.6. The number of carbonyl (C=O) groups excluding carboxylic acids is 1. The molecule has 5 heteroatoms. The summed E-state index contributed by atoms with van der Waals surface area (Å²) < 4.78 is 10.8. The highest BCUT2D eigenvalue weighted by atomic mass is 16.6. The first-order chi connectivity index (χ1) is 10.3. The van der Waals surface area contributed by atoms with Crippen molar-refractivity contribution in [3.8, 4) is 5.75 Å². The Bertz CT molecular complexity index is 545. The summed E-state index contributed by atoms with van der Waals surface area (Å²) in [6, 6.07) is 5.75. The van der Waals surface area contributed by atoms with Crippen LogP contribution in [0.2, 0.25) is 0 Å². The summed E-state index contributed by atoms with van der Waals surface area (Å²) in [4.78, 5) is 11.8. The van der Waals surface area contributed by atoms with Crippen LogP contribution in [-0.4, -0.2) is 25.3 Å². The molecule has 0 heterocycles. The molecule has 0 bridgehead atoms. The standard InChI is InChI=1S/C17H26N2O3/c1-16(2,3)22-15(20)19-12-5-6-13(14(11-12)21-4)17(7-8-17)9-10-18/h5-6,11H,7-10,18H2,1-4H3,(H,19,20). The molecule has 2 rings (SSSR count). The van der Waals surface area contributed by atoms with Crippen LogP contribution in [0.5, 0.6) is 5.75 Å². The zero-order chi connectivity index (χ0) is 16.4. The van der Waals surface area contributed by atoms with Gasteiger partial charge in [0.05, 0.1) is 7.11 Å². The van der Waals surface area contributed by atoms with E-state index in [1.807, 2.05) is 39.0 Å². The Hall–Kier alpha value is -1.75. The average molecular weight is 306 g/mol. The van der Waals surface area contributed by atoms with E-state index in [2.05, 4.69) is 5.32 Å². The van der Waals surface area contributed by atoms with Crippen LogP contribution in [0.3, 0.4) is 0 Å². The minimum absolute atomic E-state index is 0.157. The highest BCUT2D eigenvalue weighted by Crippen LogP contribution is 2.53. The molecule has 1 aliphatic carbocycles. The fourth-order valence-electron chi connectivity index (χ4n) is 2.71. The number of hydrogen-bond donors (Lipinski definition) is 2. The molecule has 0 radical (unpaired) electrons. The third-order valence-corrected chi connectivity index (χ3v) is 3.89. The van der Waals surface area contributed by atoms with Crippen LogP contribution in [0.1, 0.15) is 45.6 Å². The zero-order valence-electron chi connectivity index (χ0n) is 13.9. The van der Waals surface area contributed by atoms with Crippen LogP contribution < -0.4 is 15.8 Å². The second-order valence-corrected chi connectivity index (χ2v) is 6.86. The number of hydrogen-bond acceptors (Lipinski definition) is 4. The third-order valence-electron chi connectivity index (χ3n) is 3.89. The molecule has 1 fully saturated rings. The third kappa shape index (κ3) is 3.91. The van der Waals surface area contributed by atoms with Crippen molar-refractivity contribution in [2.45, 2.75) is 51.0 Å². The summed E-state index contributed by atoms with van der Waals surface area (Å²) in [7, 11) is 1.65. The summed E-state index contributed by atoms with van der Waals surface area (Å²) in [5, 5.41) is 2.74. The second kappa shape index (κ2) is 6.16. The number of rotatable bonds is 5. The molecule has 0 unspecified atom stereocenters. The lowest BCUT2D eigenvalue weighted by Gasteiger charge is -2.21. The molecular formula is C17H26N2O3. The van der Waals surface area contributed by atoms with Crippen molar-refractivity contribution < 1.29 is 14.3 Å². The predicted molar refractivity (Wildman–Crippen MR) is 87.4 cm³/mol. The number of methoxy groups -OCH3 is 1. The molecule has 0 atom stereocenters. The maximum Gasteiger partial charge on any atom is 0.412 e.